The summed E-state index contributed by atoms with van der Waals surface area (Å²) in [5.41, 5.74) is -0.411. The number of halogens is 2. The summed E-state index contributed by atoms with van der Waals surface area (Å²) in [5.74, 6) is -4.00. The third-order valence-corrected chi connectivity index (χ3v) is 10.8. The molecule has 5 bridgehead atoms. The van der Waals surface area contributed by atoms with Gasteiger partial charge in [-0.1, -0.05) is 82.1 Å². The molecular formula is C35H37BrClN3O7. The monoisotopic (exact) mass is 725 g/mol. The Kier molecular flexibility index (Phi) is 9.37. The van der Waals surface area contributed by atoms with E-state index in [0.29, 0.717) is 27.2 Å². The quantitative estimate of drug-likeness (QED) is 0.367. The maximum Gasteiger partial charge on any atom is 0.313 e. The number of nitrogens with zero attached hydrogens (tertiary/aromatic N) is 3. The maximum absolute atomic E-state index is 14.9. The Hall–Kier alpha value is -3.51. The van der Waals surface area contributed by atoms with Crippen molar-refractivity contribution in [2.75, 3.05) is 25.1 Å². The fraction of sp³-hybridized carbons (Fsp3) is 0.429. The topological polar surface area (TPSA) is 117 Å². The van der Waals surface area contributed by atoms with Gasteiger partial charge in [0.15, 0.2) is 0 Å². The van der Waals surface area contributed by atoms with Gasteiger partial charge in [0, 0.05) is 24.5 Å². The van der Waals surface area contributed by atoms with Crippen LogP contribution < -0.4 is 4.90 Å². The molecule has 2 saturated heterocycles. The Morgan fingerprint density at radius 2 is 1.72 bits per heavy atom. The number of amides is 3. The highest BCUT2D eigenvalue weighted by molar-refractivity contribution is 9.11. The molecule has 2 aromatic rings. The molecule has 10 nitrogen and oxygen atoms in total. The van der Waals surface area contributed by atoms with Gasteiger partial charge < -0.3 is 29.3 Å². The number of allylic oxidation sites excluding steroid dienone is 1. The van der Waals surface area contributed by atoms with Crippen molar-refractivity contribution in [3.05, 3.63) is 87.9 Å². The average Bonchev–Trinajstić information content (AvgIpc) is 3.67. The van der Waals surface area contributed by atoms with Gasteiger partial charge in [-0.2, -0.15) is 0 Å². The molecule has 6 rings (SSSR count). The van der Waals surface area contributed by atoms with Crippen LogP contribution in [0.2, 0.25) is 5.02 Å². The van der Waals surface area contributed by atoms with Gasteiger partial charge in [0.1, 0.15) is 29.8 Å². The number of hydrogen-bond donors (Lipinski definition) is 1. The number of benzene rings is 2. The van der Waals surface area contributed by atoms with Crippen molar-refractivity contribution < 1.29 is 33.8 Å². The number of esters is 1. The molecule has 1 N–H and O–H groups in total. The molecule has 12 heteroatoms. The van der Waals surface area contributed by atoms with Crippen LogP contribution in [0.3, 0.4) is 0 Å². The van der Waals surface area contributed by atoms with Crippen molar-refractivity contribution in [3.8, 4) is 0 Å². The molecule has 4 aliphatic rings. The van der Waals surface area contributed by atoms with E-state index in [1.165, 1.54) is 9.80 Å². The second kappa shape index (κ2) is 13.2. The van der Waals surface area contributed by atoms with Crippen LogP contribution >= 0.6 is 27.5 Å². The molecule has 2 aromatic carbocycles. The zero-order valence-corrected chi connectivity index (χ0v) is 28.6. The maximum atomic E-state index is 14.9. The number of likely N-dealkylation sites (tertiary alicyclic amines) is 1. The third kappa shape index (κ3) is 5.60. The molecule has 0 unspecified atom stereocenters. The summed E-state index contributed by atoms with van der Waals surface area (Å²) >= 11 is 10.2. The number of carbonyl (C=O) groups excluding carboxylic acids is 4. The van der Waals surface area contributed by atoms with E-state index in [9.17, 15) is 24.3 Å². The van der Waals surface area contributed by atoms with Crippen LogP contribution in [0.25, 0.3) is 0 Å². The number of para-hydroxylation sites is 1. The minimum absolute atomic E-state index is 0.0889. The van der Waals surface area contributed by atoms with E-state index in [2.05, 4.69) is 15.9 Å². The molecule has 8 atom stereocenters. The molecule has 0 aromatic heterocycles. The lowest BCUT2D eigenvalue weighted by Gasteiger charge is -2.38. The molecule has 3 amide bonds. The van der Waals surface area contributed by atoms with Crippen LogP contribution in [0, 0.1) is 11.8 Å². The SMILES string of the molecule is C[C@@H]1[C@@H](c2ccccc2)OC(=O)[C@@H]2[C@H]3O[C@@]4(C=C3Br)[C@H](C(=O)N(c3ccccc3Cl)C/C=C\CCC(=O)N1C)N([C@H](C)CO)C(=O)[C@@H]24. The first-order valence-electron chi connectivity index (χ1n) is 15.7. The predicted octanol–water partition coefficient (Wildman–Crippen LogP) is 4.41. The van der Waals surface area contributed by atoms with E-state index in [1.54, 1.807) is 55.3 Å². The molecule has 47 heavy (non-hydrogen) atoms. The van der Waals surface area contributed by atoms with Gasteiger partial charge in [0.25, 0.3) is 5.91 Å². The zero-order valence-electron chi connectivity index (χ0n) is 26.3. The molecular weight excluding hydrogens is 690 g/mol. The number of fused-ring (bicyclic) bond motifs is 2. The molecule has 0 saturated carbocycles. The van der Waals surface area contributed by atoms with Crippen molar-refractivity contribution in [2.24, 2.45) is 11.8 Å². The Morgan fingerprint density at radius 3 is 2.43 bits per heavy atom. The number of cyclic esters (lactones) is 1. The lowest BCUT2D eigenvalue weighted by Crippen LogP contribution is -2.58. The first-order chi connectivity index (χ1) is 22.5. The first-order valence-corrected chi connectivity index (χ1v) is 16.9. The first kappa shape index (κ1) is 33.4. The zero-order chi connectivity index (χ0) is 33.6. The number of aliphatic hydroxyl groups is 1. The fourth-order valence-corrected chi connectivity index (χ4v) is 8.27. The van der Waals surface area contributed by atoms with Crippen molar-refractivity contribution in [1.29, 1.82) is 0 Å². The number of carbonyl (C=O) groups is 4. The van der Waals surface area contributed by atoms with Gasteiger partial charge in [-0.05, 0) is 44.0 Å². The predicted molar refractivity (Wildman–Crippen MR) is 178 cm³/mol. The van der Waals surface area contributed by atoms with Gasteiger partial charge in [-0.3, -0.25) is 19.2 Å². The lowest BCUT2D eigenvalue weighted by molar-refractivity contribution is -0.164. The highest BCUT2D eigenvalue weighted by atomic mass is 79.9. The molecule has 0 radical (unpaired) electrons. The Morgan fingerprint density at radius 1 is 1.02 bits per heavy atom. The van der Waals surface area contributed by atoms with E-state index in [1.807, 2.05) is 43.3 Å². The van der Waals surface area contributed by atoms with Crippen LogP contribution in [0.5, 0.6) is 0 Å². The minimum Gasteiger partial charge on any atom is -0.455 e. The molecule has 0 aliphatic carbocycles. The second-order valence-electron chi connectivity index (χ2n) is 12.5. The van der Waals surface area contributed by atoms with E-state index in [0.717, 1.165) is 0 Å². The molecule has 2 fully saturated rings. The summed E-state index contributed by atoms with van der Waals surface area (Å²) in [6.45, 7) is 3.15. The van der Waals surface area contributed by atoms with Gasteiger partial charge in [-0.15, -0.1) is 0 Å². The summed E-state index contributed by atoms with van der Waals surface area (Å²) < 4.78 is 13.4. The van der Waals surface area contributed by atoms with Gasteiger partial charge in [0.05, 0.1) is 35.3 Å². The molecule has 248 valence electrons. The second-order valence-corrected chi connectivity index (χ2v) is 13.9. The summed E-state index contributed by atoms with van der Waals surface area (Å²) in [5, 5.41) is 10.6. The number of likely N-dealkylation sites (N-methyl/N-ethyl adjacent to an activating group) is 1. The standard InChI is InChI=1S/C35H37BrClN3O7/c1-20(19-41)40-31-33(44)39(25-15-10-9-14-24(25)37)17-11-5-8-16-26(42)38(3)21(2)29(22-12-6-4-7-13-22)46-34(45)27-28(32(40)43)35(31)18-23(36)30(27)47-35/h4-7,9-15,18,20-21,27-31,41H,8,16-17,19H2,1-3H3/b11-5-/t20-,21-,27+,28-,29+,30+,31+,35-/m1/s1. The normalized spacial score (nSPS) is 32.7. The van der Waals surface area contributed by atoms with E-state index >= 15 is 0 Å². The highest BCUT2D eigenvalue weighted by Crippen LogP contribution is 2.59. The number of aliphatic hydroxyl groups excluding tert-OH is 1. The van der Waals surface area contributed by atoms with Crippen molar-refractivity contribution >= 4 is 56.9 Å². The Balaban J connectivity index is 1.50. The van der Waals surface area contributed by atoms with Gasteiger partial charge >= 0.3 is 5.97 Å². The van der Waals surface area contributed by atoms with Gasteiger partial charge in [0.2, 0.25) is 11.8 Å². The Bertz CT molecular complexity index is 1640. The smallest absolute Gasteiger partial charge is 0.313 e. The van der Waals surface area contributed by atoms with Crippen molar-refractivity contribution in [2.45, 2.75) is 62.6 Å². The minimum atomic E-state index is -1.53. The van der Waals surface area contributed by atoms with Crippen LogP contribution in [0.15, 0.2) is 77.3 Å². The summed E-state index contributed by atoms with van der Waals surface area (Å²) in [4.78, 5) is 61.4. The summed E-state index contributed by atoms with van der Waals surface area (Å²) in [7, 11) is 1.68. The van der Waals surface area contributed by atoms with E-state index < -0.39 is 72.2 Å². The van der Waals surface area contributed by atoms with E-state index in [-0.39, 0.29) is 18.9 Å². The number of rotatable bonds is 4. The average molecular weight is 727 g/mol. The summed E-state index contributed by atoms with van der Waals surface area (Å²) in [6.07, 6.45) is 4.22. The van der Waals surface area contributed by atoms with Crippen LogP contribution in [-0.4, -0.2) is 88.6 Å². The fourth-order valence-electron chi connectivity index (χ4n) is 7.30. The highest BCUT2D eigenvalue weighted by Gasteiger charge is 2.75. The Labute approximate surface area is 287 Å². The van der Waals surface area contributed by atoms with E-state index in [4.69, 9.17) is 21.1 Å². The number of anilines is 1. The lowest BCUT2D eigenvalue weighted by atomic mass is 9.74. The molecule has 4 aliphatic heterocycles. The van der Waals surface area contributed by atoms with Crippen LogP contribution in [0.4, 0.5) is 5.69 Å². The third-order valence-electron chi connectivity index (χ3n) is 9.81. The molecule has 4 heterocycles. The van der Waals surface area contributed by atoms with Gasteiger partial charge in [-0.25, -0.2) is 0 Å². The van der Waals surface area contributed by atoms with Crippen molar-refractivity contribution in [1.82, 2.24) is 9.80 Å². The summed E-state index contributed by atoms with van der Waals surface area (Å²) in [6, 6.07) is 13.5. The molecule has 1 spiro atoms. The van der Waals surface area contributed by atoms with Crippen LogP contribution in [0.1, 0.15) is 38.4 Å². The van der Waals surface area contributed by atoms with Crippen LogP contribution in [-0.2, 0) is 28.7 Å². The largest absolute Gasteiger partial charge is 0.455 e. The number of hydrogen-bond acceptors (Lipinski definition) is 7. The number of ether oxygens (including phenoxy) is 2. The van der Waals surface area contributed by atoms with Crippen molar-refractivity contribution in [3.63, 3.8) is 0 Å².